The molecule has 0 amide bonds. The normalized spacial score (nSPS) is 11.7. The molecule has 0 aliphatic carbocycles. The molecule has 4 heterocycles. The summed E-state index contributed by atoms with van der Waals surface area (Å²) in [7, 11) is 0. The van der Waals surface area contributed by atoms with E-state index in [-0.39, 0.29) is 31.9 Å². The minimum Gasteiger partial charge on any atom is -0.501 e. The standard InChI is InChI=1S/C42H34N3O.C18H24GeN.Ir/c1-26(2)35-22-30(28-14-7-5-8-15-28)23-36(27(3)4)39(35)45-37-24-31(29-16-9-6-10-17-29)25-43-41(37)44-42(45)34-20-13-19-33-32-18-11-12-21-38(32)46-40(33)34;1-14(2)11-16-12-18(15-9-7-6-8-10-15)20-13-17(16)19(3,4)5;/h5-19,21-27H,1-4H3;6-9,12-14H,11H2,1-5H3;/q2*-1;. The van der Waals surface area contributed by atoms with Gasteiger partial charge in [-0.05, 0) is 63.9 Å². The number of benzene rings is 6. The summed E-state index contributed by atoms with van der Waals surface area (Å²) in [5.74, 6) is 9.26. The number of furan rings is 1. The molecule has 0 bridgehead atoms. The van der Waals surface area contributed by atoms with Gasteiger partial charge in [-0.3, -0.25) is 4.98 Å². The molecular weight excluding hydrogens is 1060 g/mol. The molecule has 0 unspecified atom stereocenters. The number of fused-ring (bicyclic) bond motifs is 4. The zero-order valence-corrected chi connectivity index (χ0v) is 44.5. The van der Waals surface area contributed by atoms with Gasteiger partial charge in [-0.2, -0.15) is 0 Å². The van der Waals surface area contributed by atoms with Gasteiger partial charge in [0.15, 0.2) is 5.65 Å². The van der Waals surface area contributed by atoms with Crippen molar-refractivity contribution in [2.45, 2.75) is 77.1 Å². The van der Waals surface area contributed by atoms with E-state index in [1.807, 2.05) is 48.7 Å². The molecule has 7 heteroatoms. The Labute approximate surface area is 412 Å². The third-order valence-corrected chi connectivity index (χ3v) is 16.7. The van der Waals surface area contributed by atoms with Crippen molar-refractivity contribution >= 4 is 50.8 Å². The smallest absolute Gasteiger partial charge is 0.168 e. The molecule has 0 atom stereocenters. The van der Waals surface area contributed by atoms with Crippen molar-refractivity contribution in [3.63, 3.8) is 0 Å². The summed E-state index contributed by atoms with van der Waals surface area (Å²) >= 11 is -1.86. The summed E-state index contributed by atoms with van der Waals surface area (Å²) < 4.78 is 10.4. The van der Waals surface area contributed by atoms with Crippen molar-refractivity contribution in [3.8, 4) is 50.6 Å². The topological polar surface area (TPSA) is 56.7 Å². The molecule has 67 heavy (non-hydrogen) atoms. The molecule has 10 aromatic rings. The largest absolute Gasteiger partial charge is 0.501 e. The second-order valence-electron chi connectivity index (χ2n) is 19.4. The Morgan fingerprint density at radius 2 is 1.25 bits per heavy atom. The van der Waals surface area contributed by atoms with Crippen molar-refractivity contribution in [1.82, 2.24) is 19.5 Å². The number of aromatic nitrogens is 4. The molecular formula is C60H58GeIrN4O-2. The molecule has 10 rings (SSSR count). The van der Waals surface area contributed by atoms with Crippen LogP contribution in [-0.2, 0) is 26.5 Å². The molecule has 0 saturated heterocycles. The van der Waals surface area contributed by atoms with Crippen LogP contribution < -0.4 is 4.40 Å². The number of rotatable bonds is 10. The van der Waals surface area contributed by atoms with Gasteiger partial charge in [-0.15, -0.1) is 18.2 Å². The van der Waals surface area contributed by atoms with Crippen LogP contribution in [0.4, 0.5) is 0 Å². The van der Waals surface area contributed by atoms with Crippen LogP contribution in [0.15, 0.2) is 162 Å². The van der Waals surface area contributed by atoms with Crippen molar-refractivity contribution in [1.29, 1.82) is 0 Å². The van der Waals surface area contributed by atoms with Gasteiger partial charge in [-0.25, -0.2) is 4.98 Å². The van der Waals surface area contributed by atoms with Crippen LogP contribution in [-0.4, -0.2) is 32.8 Å². The molecule has 0 aliphatic heterocycles. The van der Waals surface area contributed by atoms with E-state index in [1.54, 1.807) is 4.40 Å². The van der Waals surface area contributed by atoms with E-state index in [0.717, 1.165) is 73.3 Å². The molecule has 0 N–H and O–H groups in total. The van der Waals surface area contributed by atoms with E-state index < -0.39 is 13.3 Å². The first kappa shape index (κ1) is 47.6. The summed E-state index contributed by atoms with van der Waals surface area (Å²) in [6, 6.07) is 57.5. The van der Waals surface area contributed by atoms with Crippen LogP contribution in [0, 0.1) is 18.1 Å². The van der Waals surface area contributed by atoms with Crippen molar-refractivity contribution in [3.05, 3.63) is 187 Å². The van der Waals surface area contributed by atoms with Crippen LogP contribution >= 0.6 is 0 Å². The first-order valence-corrected chi connectivity index (χ1v) is 30.7. The number of imidazole rings is 1. The third kappa shape index (κ3) is 9.90. The van der Waals surface area contributed by atoms with Crippen LogP contribution in [0.1, 0.15) is 70.1 Å². The molecule has 0 aliphatic rings. The van der Waals surface area contributed by atoms with E-state index >= 15 is 0 Å². The van der Waals surface area contributed by atoms with Gasteiger partial charge >= 0.3 is 126 Å². The molecule has 5 nitrogen and oxygen atoms in total. The van der Waals surface area contributed by atoms with E-state index in [2.05, 4.69) is 185 Å². The Morgan fingerprint density at radius 1 is 0.612 bits per heavy atom. The first-order valence-electron chi connectivity index (χ1n) is 23.3. The maximum atomic E-state index is 6.55. The molecule has 1 radical (unpaired) electrons. The SMILES string of the molecule is CC(C)Cc1cc(-c2[c-]cccc2)nc[c]1[Ge]([CH3])([CH3])[CH3].CC(C)c1cc(-c2ccccc2)cc(C(C)C)c1-n1c(-c2[c-]ccc3c2oc2ccccc23)nc2ncc(-c3ccccc3)cc21.[Ir]. The fourth-order valence-corrected chi connectivity index (χ4v) is 12.4. The van der Waals surface area contributed by atoms with Gasteiger partial charge in [-0.1, -0.05) is 118 Å². The van der Waals surface area contributed by atoms with Crippen LogP contribution in [0.2, 0.25) is 17.3 Å². The van der Waals surface area contributed by atoms with Crippen LogP contribution in [0.25, 0.3) is 83.7 Å². The summed E-state index contributed by atoms with van der Waals surface area (Å²) in [5, 5.41) is 2.13. The average Bonchev–Trinajstić information content (AvgIpc) is 3.90. The summed E-state index contributed by atoms with van der Waals surface area (Å²) in [6.07, 6.45) is 5.20. The second kappa shape index (κ2) is 20.1. The third-order valence-electron chi connectivity index (χ3n) is 12.3. The van der Waals surface area contributed by atoms with Gasteiger partial charge in [0.1, 0.15) is 5.58 Å². The zero-order valence-electron chi connectivity index (χ0n) is 40.0. The fraction of sp³-hybridized carbons (Fsp3) is 0.217. The Bertz CT molecular complexity index is 3260. The maximum absolute atomic E-state index is 6.55. The Kier molecular flexibility index (Phi) is 14.3. The average molecular weight is 1120 g/mol. The van der Waals surface area contributed by atoms with E-state index in [4.69, 9.17) is 19.4 Å². The van der Waals surface area contributed by atoms with Gasteiger partial charge in [0.25, 0.3) is 0 Å². The van der Waals surface area contributed by atoms with Crippen molar-refractivity contribution < 1.29 is 24.5 Å². The first-order chi connectivity index (χ1) is 31.9. The minimum absolute atomic E-state index is 0. The van der Waals surface area contributed by atoms with Gasteiger partial charge < -0.3 is 8.98 Å². The number of para-hydroxylation sites is 1. The number of nitrogens with zero attached hydrogens (tertiary/aromatic N) is 4. The second-order valence-corrected chi connectivity index (χ2v) is 30.0. The van der Waals surface area contributed by atoms with Gasteiger partial charge in [0.2, 0.25) is 0 Å². The molecule has 339 valence electrons. The summed E-state index contributed by atoms with van der Waals surface area (Å²) in [5.41, 5.74) is 16.0. The molecule has 4 aromatic heterocycles. The molecule has 0 spiro atoms. The van der Waals surface area contributed by atoms with Gasteiger partial charge in [0, 0.05) is 42.9 Å². The minimum atomic E-state index is -1.86. The summed E-state index contributed by atoms with van der Waals surface area (Å²) in [4.78, 5) is 14.9. The van der Waals surface area contributed by atoms with Crippen LogP contribution in [0.5, 0.6) is 0 Å². The molecule has 0 saturated carbocycles. The Morgan fingerprint density at radius 3 is 1.88 bits per heavy atom. The number of pyridine rings is 2. The molecule has 6 aromatic carbocycles. The quantitative estimate of drug-likeness (QED) is 0.101. The predicted octanol–water partition coefficient (Wildman–Crippen LogP) is 15.7. The molecule has 0 fully saturated rings. The monoisotopic (exact) mass is 1120 g/mol. The van der Waals surface area contributed by atoms with E-state index in [9.17, 15) is 0 Å². The predicted molar refractivity (Wildman–Crippen MR) is 279 cm³/mol. The number of hydrogen-bond acceptors (Lipinski definition) is 4. The van der Waals surface area contributed by atoms with Crippen molar-refractivity contribution in [2.24, 2.45) is 5.92 Å². The number of hydrogen-bond donors (Lipinski definition) is 0. The maximum Gasteiger partial charge on any atom is 0.168 e. The van der Waals surface area contributed by atoms with E-state index in [0.29, 0.717) is 11.6 Å². The van der Waals surface area contributed by atoms with Crippen LogP contribution in [0.3, 0.4) is 0 Å². The van der Waals surface area contributed by atoms with Crippen molar-refractivity contribution in [2.75, 3.05) is 0 Å². The zero-order chi connectivity index (χ0) is 46.1. The Hall–Kier alpha value is -5.92. The summed E-state index contributed by atoms with van der Waals surface area (Å²) in [6.45, 7) is 13.7. The Balaban J connectivity index is 0.000000244. The van der Waals surface area contributed by atoms with E-state index in [1.165, 1.54) is 27.8 Å². The van der Waals surface area contributed by atoms with Gasteiger partial charge in [0.05, 0.1) is 16.9 Å². The fourth-order valence-electron chi connectivity index (χ4n) is 9.10.